The van der Waals surface area contributed by atoms with Gasteiger partial charge in [-0.2, -0.15) is 5.10 Å². The summed E-state index contributed by atoms with van der Waals surface area (Å²) in [5.74, 6) is 0.513. The number of nitrogens with one attached hydrogen (secondary N) is 2. The average molecular weight is 299 g/mol. The fourth-order valence-electron chi connectivity index (χ4n) is 1.45. The fraction of sp³-hybridized carbons (Fsp3) is 0.273. The van der Waals surface area contributed by atoms with E-state index in [-0.39, 0.29) is 11.9 Å². The Morgan fingerprint density at radius 2 is 2.35 bits per heavy atom. The smallest absolute Gasteiger partial charge is 0.141 e. The molecule has 0 fully saturated rings. The van der Waals surface area contributed by atoms with E-state index in [2.05, 4.69) is 36.4 Å². The first-order chi connectivity index (χ1) is 8.16. The van der Waals surface area contributed by atoms with Gasteiger partial charge in [0, 0.05) is 16.6 Å². The molecule has 2 rings (SSSR count). The third-order valence-corrected chi connectivity index (χ3v) is 2.95. The van der Waals surface area contributed by atoms with Gasteiger partial charge < -0.3 is 5.32 Å². The molecule has 2 N–H and O–H groups in total. The molecule has 0 saturated heterocycles. The van der Waals surface area contributed by atoms with Crippen LogP contribution in [0.5, 0.6) is 0 Å². The highest BCUT2D eigenvalue weighted by molar-refractivity contribution is 9.10. The molecule has 90 valence electrons. The van der Waals surface area contributed by atoms with Crippen molar-refractivity contribution in [1.82, 2.24) is 20.5 Å². The molecule has 17 heavy (non-hydrogen) atoms. The number of hydrogen-bond acceptors (Lipinski definition) is 3. The Morgan fingerprint density at radius 3 is 3.00 bits per heavy atom. The van der Waals surface area contributed by atoms with Crippen molar-refractivity contribution in [3.8, 4) is 0 Å². The van der Waals surface area contributed by atoms with Gasteiger partial charge in [0.1, 0.15) is 18.0 Å². The maximum absolute atomic E-state index is 13.5. The van der Waals surface area contributed by atoms with E-state index in [0.29, 0.717) is 12.1 Å². The van der Waals surface area contributed by atoms with E-state index < -0.39 is 0 Å². The van der Waals surface area contributed by atoms with Crippen LogP contribution in [0.2, 0.25) is 0 Å². The van der Waals surface area contributed by atoms with Crippen LogP contribution in [0.25, 0.3) is 0 Å². The molecule has 1 aromatic heterocycles. The summed E-state index contributed by atoms with van der Waals surface area (Å²) in [5.41, 5.74) is 0.625. The van der Waals surface area contributed by atoms with Crippen LogP contribution >= 0.6 is 15.9 Å². The van der Waals surface area contributed by atoms with E-state index in [9.17, 15) is 4.39 Å². The first kappa shape index (κ1) is 12.2. The molecule has 0 spiro atoms. The quantitative estimate of drug-likeness (QED) is 0.912. The van der Waals surface area contributed by atoms with Gasteiger partial charge >= 0.3 is 0 Å². The lowest BCUT2D eigenvalue weighted by Gasteiger charge is -2.11. The molecule has 0 radical (unpaired) electrons. The normalized spacial score (nSPS) is 12.6. The summed E-state index contributed by atoms with van der Waals surface area (Å²) in [6, 6.07) is 5.02. The van der Waals surface area contributed by atoms with Crippen molar-refractivity contribution < 1.29 is 4.39 Å². The maximum Gasteiger partial charge on any atom is 0.141 e. The van der Waals surface area contributed by atoms with Gasteiger partial charge in [-0.15, -0.1) is 0 Å². The van der Waals surface area contributed by atoms with E-state index in [1.165, 1.54) is 12.4 Å². The van der Waals surface area contributed by atoms with Crippen molar-refractivity contribution in [3.05, 3.63) is 46.2 Å². The van der Waals surface area contributed by atoms with Crippen LogP contribution in [0.4, 0.5) is 4.39 Å². The van der Waals surface area contributed by atoms with Crippen LogP contribution in [0.3, 0.4) is 0 Å². The standard InChI is InChI=1S/C11H12BrFN4/c1-7(11-15-6-16-17-11)14-5-8-2-3-9(12)4-10(8)13/h2-4,6-7,14H,5H2,1H3,(H,15,16,17). The Morgan fingerprint density at radius 1 is 1.53 bits per heavy atom. The predicted molar refractivity (Wildman–Crippen MR) is 65.7 cm³/mol. The molecule has 4 nitrogen and oxygen atoms in total. The van der Waals surface area contributed by atoms with Gasteiger partial charge in [-0.3, -0.25) is 5.10 Å². The van der Waals surface area contributed by atoms with Crippen LogP contribution in [0, 0.1) is 5.82 Å². The lowest BCUT2D eigenvalue weighted by molar-refractivity contribution is 0.526. The van der Waals surface area contributed by atoms with Crippen molar-refractivity contribution >= 4 is 15.9 Å². The molecule has 1 atom stereocenters. The summed E-state index contributed by atoms with van der Waals surface area (Å²) < 4.78 is 14.3. The van der Waals surface area contributed by atoms with Crippen molar-refractivity contribution in [2.45, 2.75) is 19.5 Å². The Balaban J connectivity index is 1.98. The van der Waals surface area contributed by atoms with E-state index in [0.717, 1.165) is 10.3 Å². The third-order valence-electron chi connectivity index (χ3n) is 2.46. The summed E-state index contributed by atoms with van der Waals surface area (Å²) in [5, 5.41) is 9.72. The number of aromatic amines is 1. The third kappa shape index (κ3) is 3.10. The second kappa shape index (κ2) is 5.37. The molecule has 1 aromatic carbocycles. The molecule has 0 aliphatic rings. The molecule has 0 amide bonds. The highest BCUT2D eigenvalue weighted by atomic mass is 79.9. The molecule has 6 heteroatoms. The maximum atomic E-state index is 13.5. The molecular formula is C11H12BrFN4. The van der Waals surface area contributed by atoms with Crippen molar-refractivity contribution in [3.63, 3.8) is 0 Å². The largest absolute Gasteiger partial charge is 0.303 e. The number of hydrogen-bond donors (Lipinski definition) is 2. The topological polar surface area (TPSA) is 53.6 Å². The zero-order valence-electron chi connectivity index (χ0n) is 9.24. The number of H-pyrrole nitrogens is 1. The van der Waals surface area contributed by atoms with Gasteiger partial charge in [0.2, 0.25) is 0 Å². The summed E-state index contributed by atoms with van der Waals surface area (Å²) in [6.45, 7) is 2.39. The SMILES string of the molecule is CC(NCc1ccc(Br)cc1F)c1ncn[nH]1. The second-order valence-corrected chi connectivity index (χ2v) is 4.62. The number of benzene rings is 1. The Hall–Kier alpha value is -1.27. The number of nitrogens with zero attached hydrogens (tertiary/aromatic N) is 2. The fourth-order valence-corrected chi connectivity index (χ4v) is 1.78. The lowest BCUT2D eigenvalue weighted by atomic mass is 10.2. The molecule has 2 aromatic rings. The molecule has 0 aliphatic carbocycles. The van der Waals surface area contributed by atoms with E-state index in [1.807, 2.05) is 13.0 Å². The monoisotopic (exact) mass is 298 g/mol. The van der Waals surface area contributed by atoms with E-state index >= 15 is 0 Å². The van der Waals surface area contributed by atoms with Gasteiger partial charge in [0.25, 0.3) is 0 Å². The second-order valence-electron chi connectivity index (χ2n) is 3.71. The van der Waals surface area contributed by atoms with Crippen molar-refractivity contribution in [1.29, 1.82) is 0 Å². The average Bonchev–Trinajstić information content (AvgIpc) is 2.81. The summed E-state index contributed by atoms with van der Waals surface area (Å²) in [4.78, 5) is 4.03. The summed E-state index contributed by atoms with van der Waals surface area (Å²) >= 11 is 3.22. The minimum Gasteiger partial charge on any atom is -0.303 e. The van der Waals surface area contributed by atoms with Crippen LogP contribution in [-0.4, -0.2) is 15.2 Å². The van der Waals surface area contributed by atoms with E-state index in [1.54, 1.807) is 6.07 Å². The minimum absolute atomic E-state index is 0.000506. The molecule has 0 aliphatic heterocycles. The van der Waals surface area contributed by atoms with Gasteiger partial charge in [0.15, 0.2) is 0 Å². The van der Waals surface area contributed by atoms with Crippen LogP contribution in [0.15, 0.2) is 29.0 Å². The first-order valence-electron chi connectivity index (χ1n) is 5.19. The first-order valence-corrected chi connectivity index (χ1v) is 5.98. The number of rotatable bonds is 4. The molecule has 1 heterocycles. The Bertz CT molecular complexity index is 486. The summed E-state index contributed by atoms with van der Waals surface area (Å²) in [6.07, 6.45) is 1.45. The molecule has 0 saturated carbocycles. The molecule has 0 bridgehead atoms. The van der Waals surface area contributed by atoms with Crippen molar-refractivity contribution in [2.24, 2.45) is 0 Å². The van der Waals surface area contributed by atoms with Crippen LogP contribution in [-0.2, 0) is 6.54 Å². The van der Waals surface area contributed by atoms with Crippen LogP contribution < -0.4 is 5.32 Å². The zero-order valence-corrected chi connectivity index (χ0v) is 10.8. The zero-order chi connectivity index (χ0) is 12.3. The summed E-state index contributed by atoms with van der Waals surface area (Å²) in [7, 11) is 0. The predicted octanol–water partition coefficient (Wildman–Crippen LogP) is 2.56. The minimum atomic E-state index is -0.225. The Kier molecular flexibility index (Phi) is 3.86. The van der Waals surface area contributed by atoms with E-state index in [4.69, 9.17) is 0 Å². The van der Waals surface area contributed by atoms with Gasteiger partial charge in [0.05, 0.1) is 6.04 Å². The number of halogens is 2. The van der Waals surface area contributed by atoms with Crippen LogP contribution in [0.1, 0.15) is 24.4 Å². The van der Waals surface area contributed by atoms with Gasteiger partial charge in [-0.25, -0.2) is 9.37 Å². The molecular weight excluding hydrogens is 287 g/mol. The highest BCUT2D eigenvalue weighted by Gasteiger charge is 2.09. The van der Waals surface area contributed by atoms with Crippen molar-refractivity contribution in [2.75, 3.05) is 0 Å². The number of aromatic nitrogens is 3. The van der Waals surface area contributed by atoms with Gasteiger partial charge in [-0.05, 0) is 19.1 Å². The Labute approximate surface area is 107 Å². The highest BCUT2D eigenvalue weighted by Crippen LogP contribution is 2.16. The lowest BCUT2D eigenvalue weighted by Crippen LogP contribution is -2.19. The van der Waals surface area contributed by atoms with Gasteiger partial charge in [-0.1, -0.05) is 22.0 Å². The molecule has 1 unspecified atom stereocenters.